The maximum Gasteiger partial charge on any atom is 0.223 e. The van der Waals surface area contributed by atoms with E-state index in [1.165, 1.54) is 11.1 Å². The van der Waals surface area contributed by atoms with Gasteiger partial charge >= 0.3 is 0 Å². The second-order valence-corrected chi connectivity index (χ2v) is 9.46. The number of carbonyl (C=O) groups excluding carboxylic acids is 1. The zero-order valence-corrected chi connectivity index (χ0v) is 19.5. The molecule has 2 aromatic carbocycles. The van der Waals surface area contributed by atoms with E-state index < -0.39 is 0 Å². The van der Waals surface area contributed by atoms with E-state index in [0.717, 1.165) is 47.8 Å². The first kappa shape index (κ1) is 21.9. The smallest absolute Gasteiger partial charge is 0.223 e. The summed E-state index contributed by atoms with van der Waals surface area (Å²) in [4.78, 5) is 12.5. The summed E-state index contributed by atoms with van der Waals surface area (Å²) < 4.78 is 2.03. The molecule has 1 aliphatic carbocycles. The number of nitrogens with one attached hydrogen (secondary N) is 1. The highest BCUT2D eigenvalue weighted by Gasteiger charge is 2.23. The van der Waals surface area contributed by atoms with Crippen LogP contribution in [0.25, 0.3) is 5.69 Å². The first-order valence-electron chi connectivity index (χ1n) is 10.7. The minimum absolute atomic E-state index is 0.115. The summed E-state index contributed by atoms with van der Waals surface area (Å²) in [6.07, 6.45) is 4.22. The molecule has 7 heteroatoms. The van der Waals surface area contributed by atoms with Gasteiger partial charge in [-0.3, -0.25) is 9.36 Å². The van der Waals surface area contributed by atoms with Gasteiger partial charge in [-0.1, -0.05) is 66.5 Å². The van der Waals surface area contributed by atoms with Gasteiger partial charge in [0.15, 0.2) is 11.0 Å². The van der Waals surface area contributed by atoms with E-state index in [1.54, 1.807) is 11.8 Å². The van der Waals surface area contributed by atoms with E-state index >= 15 is 0 Å². The molecule has 1 heterocycles. The molecule has 31 heavy (non-hydrogen) atoms. The fraction of sp³-hybridized carbons (Fsp3) is 0.375. The van der Waals surface area contributed by atoms with Gasteiger partial charge < -0.3 is 5.32 Å². The molecular weight excluding hydrogens is 428 g/mol. The Morgan fingerprint density at radius 1 is 1.13 bits per heavy atom. The number of aromatic nitrogens is 3. The van der Waals surface area contributed by atoms with Crippen LogP contribution < -0.4 is 5.32 Å². The molecule has 0 spiro atoms. The van der Waals surface area contributed by atoms with Gasteiger partial charge in [0.05, 0.1) is 12.2 Å². The summed E-state index contributed by atoms with van der Waals surface area (Å²) in [5.41, 5.74) is 4.53. The number of carbonyl (C=O) groups is 1. The van der Waals surface area contributed by atoms with Crippen LogP contribution in [0.2, 0.25) is 5.02 Å². The summed E-state index contributed by atoms with van der Waals surface area (Å²) >= 11 is 7.95. The molecule has 1 amide bonds. The number of aryl methyl sites for hydroxylation is 2. The van der Waals surface area contributed by atoms with Gasteiger partial charge in [0.1, 0.15) is 0 Å². The van der Waals surface area contributed by atoms with Crippen molar-refractivity contribution >= 4 is 29.3 Å². The lowest BCUT2D eigenvalue weighted by Crippen LogP contribution is -2.30. The predicted molar refractivity (Wildman–Crippen MR) is 126 cm³/mol. The van der Waals surface area contributed by atoms with Crippen LogP contribution in [0.5, 0.6) is 0 Å². The minimum atomic E-state index is 0.115. The summed E-state index contributed by atoms with van der Waals surface area (Å²) in [6.45, 7) is 4.51. The molecule has 1 saturated carbocycles. The standard InChI is InChI=1S/C24H27ClN4OS/c1-16-7-3-4-10-19(16)15-31-24-28-27-22(14-26-23(30)18-8-5-6-9-18)29(24)21-13-20(25)12-11-17(21)2/h3-4,7,10-13,18H,5-6,8-9,14-15H2,1-2H3,(H,26,30). The molecule has 0 atom stereocenters. The zero-order valence-electron chi connectivity index (χ0n) is 17.9. The number of rotatable bonds is 7. The quantitative estimate of drug-likeness (QED) is 0.469. The number of thioether (sulfide) groups is 1. The Bertz CT molecular complexity index is 1080. The van der Waals surface area contributed by atoms with Crippen LogP contribution >= 0.6 is 23.4 Å². The van der Waals surface area contributed by atoms with Crippen LogP contribution in [-0.2, 0) is 17.1 Å². The van der Waals surface area contributed by atoms with Crippen molar-refractivity contribution in [3.05, 3.63) is 70.0 Å². The van der Waals surface area contributed by atoms with Gasteiger partial charge in [-0.25, -0.2) is 0 Å². The van der Waals surface area contributed by atoms with Crippen LogP contribution in [0.15, 0.2) is 47.6 Å². The molecule has 1 fully saturated rings. The maximum absolute atomic E-state index is 12.5. The number of amides is 1. The van der Waals surface area contributed by atoms with E-state index in [1.807, 2.05) is 35.8 Å². The van der Waals surface area contributed by atoms with Crippen molar-refractivity contribution in [2.45, 2.75) is 57.0 Å². The average Bonchev–Trinajstić information content (AvgIpc) is 3.43. The predicted octanol–water partition coefficient (Wildman–Crippen LogP) is 5.64. The molecule has 5 nitrogen and oxygen atoms in total. The first-order chi connectivity index (χ1) is 15.0. The lowest BCUT2D eigenvalue weighted by Gasteiger charge is -2.15. The highest BCUT2D eigenvalue weighted by molar-refractivity contribution is 7.98. The van der Waals surface area contributed by atoms with Crippen LogP contribution in [-0.4, -0.2) is 20.7 Å². The Kier molecular flexibility index (Phi) is 6.98. The highest BCUT2D eigenvalue weighted by Crippen LogP contribution is 2.29. The average molecular weight is 455 g/mol. The Hall–Kier alpha value is -2.31. The number of benzene rings is 2. The molecule has 0 bridgehead atoms. The van der Waals surface area contributed by atoms with Gasteiger partial charge in [-0.2, -0.15) is 0 Å². The third-order valence-corrected chi connectivity index (χ3v) is 7.09. The monoisotopic (exact) mass is 454 g/mol. The van der Waals surface area contributed by atoms with Gasteiger partial charge in [-0.05, 0) is 55.5 Å². The van der Waals surface area contributed by atoms with Crippen LogP contribution in [0, 0.1) is 19.8 Å². The van der Waals surface area contributed by atoms with Crippen LogP contribution in [0.4, 0.5) is 0 Å². The molecule has 3 aromatic rings. The lowest BCUT2D eigenvalue weighted by atomic mass is 10.1. The van der Waals surface area contributed by atoms with E-state index in [9.17, 15) is 4.79 Å². The van der Waals surface area contributed by atoms with E-state index in [4.69, 9.17) is 11.6 Å². The van der Waals surface area contributed by atoms with Gasteiger partial charge in [0, 0.05) is 16.7 Å². The molecule has 1 N–H and O–H groups in total. The Labute approximate surface area is 192 Å². The van der Waals surface area contributed by atoms with Crippen molar-refractivity contribution in [2.24, 2.45) is 5.92 Å². The Balaban J connectivity index is 1.61. The van der Waals surface area contributed by atoms with Crippen molar-refractivity contribution in [2.75, 3.05) is 0 Å². The number of nitrogens with zero attached hydrogens (tertiary/aromatic N) is 3. The van der Waals surface area contributed by atoms with E-state index in [2.05, 4.69) is 40.6 Å². The summed E-state index contributed by atoms with van der Waals surface area (Å²) in [5, 5.41) is 13.4. The second-order valence-electron chi connectivity index (χ2n) is 8.08. The third-order valence-electron chi connectivity index (χ3n) is 5.88. The maximum atomic E-state index is 12.5. The van der Waals surface area contributed by atoms with Crippen LogP contribution in [0.1, 0.15) is 48.2 Å². The fourth-order valence-corrected chi connectivity index (χ4v) is 5.19. The van der Waals surface area contributed by atoms with Crippen LogP contribution in [0.3, 0.4) is 0 Å². The molecule has 0 unspecified atom stereocenters. The van der Waals surface area contributed by atoms with Gasteiger partial charge in [-0.15, -0.1) is 10.2 Å². The van der Waals surface area contributed by atoms with Crippen molar-refractivity contribution in [1.29, 1.82) is 0 Å². The Morgan fingerprint density at radius 3 is 2.68 bits per heavy atom. The third kappa shape index (κ3) is 5.13. The van der Waals surface area contributed by atoms with Crippen molar-refractivity contribution < 1.29 is 4.79 Å². The molecular formula is C24H27ClN4OS. The first-order valence-corrected chi connectivity index (χ1v) is 12.0. The molecule has 4 rings (SSSR count). The summed E-state index contributed by atoms with van der Waals surface area (Å²) in [7, 11) is 0. The lowest BCUT2D eigenvalue weighted by molar-refractivity contribution is -0.125. The normalized spacial score (nSPS) is 14.2. The van der Waals surface area contributed by atoms with Gasteiger partial charge in [0.25, 0.3) is 0 Å². The topological polar surface area (TPSA) is 59.8 Å². The zero-order chi connectivity index (χ0) is 21.8. The molecule has 1 aliphatic rings. The number of halogens is 1. The molecule has 1 aromatic heterocycles. The Morgan fingerprint density at radius 2 is 1.90 bits per heavy atom. The molecule has 162 valence electrons. The summed E-state index contributed by atoms with van der Waals surface area (Å²) in [6, 6.07) is 14.2. The summed E-state index contributed by atoms with van der Waals surface area (Å²) in [5.74, 6) is 1.74. The minimum Gasteiger partial charge on any atom is -0.349 e. The van der Waals surface area contributed by atoms with Crippen molar-refractivity contribution in [3.63, 3.8) is 0 Å². The SMILES string of the molecule is Cc1ccccc1CSc1nnc(CNC(=O)C2CCCC2)n1-c1cc(Cl)ccc1C. The highest BCUT2D eigenvalue weighted by atomic mass is 35.5. The number of hydrogen-bond donors (Lipinski definition) is 1. The fourth-order valence-electron chi connectivity index (χ4n) is 3.99. The van der Waals surface area contributed by atoms with Gasteiger partial charge in [0.2, 0.25) is 5.91 Å². The van der Waals surface area contributed by atoms with E-state index in [-0.39, 0.29) is 11.8 Å². The van der Waals surface area contributed by atoms with E-state index in [0.29, 0.717) is 17.4 Å². The number of hydrogen-bond acceptors (Lipinski definition) is 4. The second kappa shape index (κ2) is 9.88. The molecule has 0 radical (unpaired) electrons. The largest absolute Gasteiger partial charge is 0.349 e. The molecule has 0 saturated heterocycles. The van der Waals surface area contributed by atoms with Crippen molar-refractivity contribution in [3.8, 4) is 5.69 Å². The molecule has 0 aliphatic heterocycles. The van der Waals surface area contributed by atoms with Crippen molar-refractivity contribution in [1.82, 2.24) is 20.1 Å².